The highest BCUT2D eigenvalue weighted by Crippen LogP contribution is 2.28. The molecule has 0 saturated carbocycles. The van der Waals surface area contributed by atoms with Crippen molar-refractivity contribution in [2.75, 3.05) is 31.1 Å². The van der Waals surface area contributed by atoms with E-state index in [0.29, 0.717) is 26.2 Å². The number of benzene rings is 2. The van der Waals surface area contributed by atoms with Crippen LogP contribution in [0.25, 0.3) is 16.2 Å². The van der Waals surface area contributed by atoms with Crippen LogP contribution in [0.3, 0.4) is 0 Å². The lowest BCUT2D eigenvalue weighted by atomic mass is 10.2. The van der Waals surface area contributed by atoms with Crippen LogP contribution in [-0.4, -0.2) is 53.5 Å². The van der Waals surface area contributed by atoms with E-state index in [1.807, 2.05) is 42.6 Å². The summed E-state index contributed by atoms with van der Waals surface area (Å²) in [4.78, 5) is 7.60. The van der Waals surface area contributed by atoms with Crippen LogP contribution in [-0.2, 0) is 10.0 Å². The maximum atomic E-state index is 13.0. The van der Waals surface area contributed by atoms with Crippen molar-refractivity contribution in [3.63, 3.8) is 0 Å². The lowest BCUT2D eigenvalue weighted by Gasteiger charge is -2.33. The summed E-state index contributed by atoms with van der Waals surface area (Å²) in [5, 5.41) is 14.7. The van der Waals surface area contributed by atoms with Crippen LogP contribution in [0.1, 0.15) is 5.56 Å². The zero-order valence-corrected chi connectivity index (χ0v) is 18.1. The van der Waals surface area contributed by atoms with Gasteiger partial charge in [0.2, 0.25) is 20.1 Å². The van der Waals surface area contributed by atoms with E-state index in [0.717, 1.165) is 21.3 Å². The molecule has 0 N–H and O–H groups in total. The highest BCUT2D eigenvalue weighted by molar-refractivity contribution is 7.89. The van der Waals surface area contributed by atoms with E-state index in [9.17, 15) is 13.7 Å². The second-order valence-electron chi connectivity index (χ2n) is 7.10. The molecule has 10 heteroatoms. The maximum absolute atomic E-state index is 13.0. The smallest absolute Gasteiger partial charge is 0.244 e. The first kappa shape index (κ1) is 19.7. The van der Waals surface area contributed by atoms with E-state index in [2.05, 4.69) is 15.0 Å². The minimum Gasteiger partial charge on any atom is -0.344 e. The monoisotopic (exact) mass is 450 g/mol. The zero-order chi connectivity index (χ0) is 21.4. The SMILES string of the molecule is N#Cc1ccccc1S(=O)(=O)N1CCN(c2nn3cc(-c4ccccc4)nc3s2)CC1. The van der Waals surface area contributed by atoms with Gasteiger partial charge in [0.05, 0.1) is 22.3 Å². The van der Waals surface area contributed by atoms with Crippen molar-refractivity contribution in [3.05, 3.63) is 66.4 Å². The van der Waals surface area contributed by atoms with Gasteiger partial charge in [-0.2, -0.15) is 9.57 Å². The predicted octanol–water partition coefficient (Wildman–Crippen LogP) is 2.84. The molecule has 0 spiro atoms. The number of nitriles is 1. The Kier molecular flexibility index (Phi) is 4.94. The van der Waals surface area contributed by atoms with Gasteiger partial charge in [-0.1, -0.05) is 53.8 Å². The summed E-state index contributed by atoms with van der Waals surface area (Å²) in [5.74, 6) is 0. The number of imidazole rings is 1. The van der Waals surface area contributed by atoms with Gasteiger partial charge in [0, 0.05) is 31.7 Å². The molecule has 0 unspecified atom stereocenters. The van der Waals surface area contributed by atoms with Crippen molar-refractivity contribution in [2.45, 2.75) is 4.90 Å². The Morgan fingerprint density at radius 1 is 0.968 bits per heavy atom. The van der Waals surface area contributed by atoms with E-state index in [1.54, 1.807) is 16.6 Å². The Morgan fingerprint density at radius 3 is 2.39 bits per heavy atom. The average Bonchev–Trinajstić information content (AvgIpc) is 3.39. The fraction of sp³-hybridized carbons (Fsp3) is 0.190. The largest absolute Gasteiger partial charge is 0.344 e. The van der Waals surface area contributed by atoms with Crippen LogP contribution < -0.4 is 4.90 Å². The molecule has 1 aliphatic heterocycles. The van der Waals surface area contributed by atoms with Gasteiger partial charge in [-0.05, 0) is 12.1 Å². The quantitative estimate of drug-likeness (QED) is 0.475. The Hall–Kier alpha value is -3.26. The summed E-state index contributed by atoms with van der Waals surface area (Å²) < 4.78 is 29.2. The highest BCUT2D eigenvalue weighted by atomic mass is 32.2. The van der Waals surface area contributed by atoms with Crippen molar-refractivity contribution < 1.29 is 8.42 Å². The first-order valence-electron chi connectivity index (χ1n) is 9.72. The molecule has 0 aliphatic carbocycles. The molecule has 1 fully saturated rings. The van der Waals surface area contributed by atoms with Gasteiger partial charge < -0.3 is 4.90 Å². The number of sulfonamides is 1. The van der Waals surface area contributed by atoms with Crippen LogP contribution in [0, 0.1) is 11.3 Å². The third kappa shape index (κ3) is 3.57. The molecule has 0 radical (unpaired) electrons. The summed E-state index contributed by atoms with van der Waals surface area (Å²) in [6.45, 7) is 1.71. The van der Waals surface area contributed by atoms with Crippen molar-refractivity contribution >= 4 is 31.5 Å². The van der Waals surface area contributed by atoms with E-state index in [1.165, 1.54) is 27.8 Å². The fourth-order valence-corrected chi connectivity index (χ4v) is 6.11. The summed E-state index contributed by atoms with van der Waals surface area (Å²) in [6, 6.07) is 18.2. The number of rotatable bonds is 4. The van der Waals surface area contributed by atoms with E-state index < -0.39 is 10.0 Å². The molecule has 0 atom stereocenters. The predicted molar refractivity (Wildman–Crippen MR) is 118 cm³/mol. The van der Waals surface area contributed by atoms with E-state index in [-0.39, 0.29) is 10.5 Å². The van der Waals surface area contributed by atoms with Crippen LogP contribution in [0.4, 0.5) is 5.13 Å². The van der Waals surface area contributed by atoms with E-state index in [4.69, 9.17) is 0 Å². The number of anilines is 1. The summed E-state index contributed by atoms with van der Waals surface area (Å²) in [6.07, 6.45) is 1.91. The molecule has 3 heterocycles. The van der Waals surface area contributed by atoms with Crippen LogP contribution in [0.15, 0.2) is 65.7 Å². The first-order valence-corrected chi connectivity index (χ1v) is 12.0. The number of nitrogens with zero attached hydrogens (tertiary/aromatic N) is 6. The van der Waals surface area contributed by atoms with Crippen molar-refractivity contribution in [1.82, 2.24) is 18.9 Å². The second-order valence-corrected chi connectivity index (χ2v) is 9.94. The summed E-state index contributed by atoms with van der Waals surface area (Å²) in [5.41, 5.74) is 2.08. The average molecular weight is 451 g/mol. The fourth-order valence-electron chi connectivity index (χ4n) is 3.61. The molecule has 1 aliphatic rings. The number of hydrogen-bond acceptors (Lipinski definition) is 7. The number of piperazine rings is 1. The van der Waals surface area contributed by atoms with Gasteiger partial charge in [0.15, 0.2) is 0 Å². The van der Waals surface area contributed by atoms with Crippen molar-refractivity contribution in [2.24, 2.45) is 0 Å². The normalized spacial score (nSPS) is 15.3. The van der Waals surface area contributed by atoms with Crippen LogP contribution >= 0.6 is 11.3 Å². The van der Waals surface area contributed by atoms with Crippen molar-refractivity contribution in [1.29, 1.82) is 5.26 Å². The van der Waals surface area contributed by atoms with Gasteiger partial charge in [0.25, 0.3) is 0 Å². The summed E-state index contributed by atoms with van der Waals surface area (Å²) in [7, 11) is -3.71. The molecular formula is C21H18N6O2S2. The third-order valence-corrected chi connectivity index (χ3v) is 8.18. The molecular weight excluding hydrogens is 432 g/mol. The molecule has 156 valence electrons. The number of fused-ring (bicyclic) bond motifs is 1. The number of hydrogen-bond donors (Lipinski definition) is 0. The van der Waals surface area contributed by atoms with Gasteiger partial charge in [-0.25, -0.2) is 17.9 Å². The zero-order valence-electron chi connectivity index (χ0n) is 16.4. The molecule has 31 heavy (non-hydrogen) atoms. The maximum Gasteiger partial charge on any atom is 0.244 e. The van der Waals surface area contributed by atoms with Gasteiger partial charge in [-0.3, -0.25) is 0 Å². The molecule has 1 saturated heterocycles. The Bertz CT molecular complexity index is 1350. The molecule has 0 amide bonds. The van der Waals surface area contributed by atoms with Crippen molar-refractivity contribution in [3.8, 4) is 17.3 Å². The summed E-state index contributed by atoms with van der Waals surface area (Å²) >= 11 is 1.49. The Balaban J connectivity index is 1.32. The van der Waals surface area contributed by atoms with E-state index >= 15 is 0 Å². The molecule has 4 aromatic rings. The second kappa shape index (κ2) is 7.77. The third-order valence-electron chi connectivity index (χ3n) is 5.24. The molecule has 2 aromatic carbocycles. The van der Waals surface area contributed by atoms with Gasteiger partial charge in [-0.15, -0.1) is 5.10 Å². The number of aromatic nitrogens is 3. The molecule has 5 rings (SSSR count). The lowest BCUT2D eigenvalue weighted by molar-refractivity contribution is 0.384. The van der Waals surface area contributed by atoms with Gasteiger partial charge in [0.1, 0.15) is 6.07 Å². The molecule has 8 nitrogen and oxygen atoms in total. The first-order chi connectivity index (χ1) is 15.1. The standard InChI is InChI=1S/C21H18N6O2S2/c22-14-17-8-4-5-9-19(17)31(28,29)26-12-10-25(11-13-26)21-24-27-15-18(23-20(27)30-21)16-6-2-1-3-7-16/h1-9,15H,10-13H2. The van der Waals surface area contributed by atoms with Crippen LogP contribution in [0.2, 0.25) is 0 Å². The van der Waals surface area contributed by atoms with Gasteiger partial charge >= 0.3 is 0 Å². The highest BCUT2D eigenvalue weighted by Gasteiger charge is 2.31. The molecule has 2 aromatic heterocycles. The lowest BCUT2D eigenvalue weighted by Crippen LogP contribution is -2.48. The minimum absolute atomic E-state index is 0.0621. The van der Waals surface area contributed by atoms with Crippen LogP contribution in [0.5, 0.6) is 0 Å². The Morgan fingerprint density at radius 2 is 1.68 bits per heavy atom. The Labute approximate surface area is 183 Å². The minimum atomic E-state index is -3.71. The molecule has 0 bridgehead atoms. The topological polar surface area (TPSA) is 94.6 Å².